The Balaban J connectivity index is 1.61. The van der Waals surface area contributed by atoms with Crippen molar-refractivity contribution < 1.29 is 9.53 Å². The molecule has 0 aromatic heterocycles. The minimum atomic E-state index is -0.0453. The zero-order valence-corrected chi connectivity index (χ0v) is 13.2. The van der Waals surface area contributed by atoms with Gasteiger partial charge in [0.15, 0.2) is 0 Å². The first-order chi connectivity index (χ1) is 10.7. The van der Waals surface area contributed by atoms with Gasteiger partial charge >= 0.3 is 0 Å². The van der Waals surface area contributed by atoms with E-state index in [-0.39, 0.29) is 18.2 Å². The van der Waals surface area contributed by atoms with Gasteiger partial charge in [-0.3, -0.25) is 15.0 Å². The maximum Gasteiger partial charge on any atom is 0.223 e. The Morgan fingerprint density at radius 2 is 1.91 bits per heavy atom. The third-order valence-electron chi connectivity index (χ3n) is 4.34. The van der Waals surface area contributed by atoms with Crippen molar-refractivity contribution in [3.05, 3.63) is 24.3 Å². The van der Waals surface area contributed by atoms with Crippen molar-refractivity contribution in [2.24, 2.45) is 0 Å². The van der Waals surface area contributed by atoms with Gasteiger partial charge in [0.2, 0.25) is 5.91 Å². The molecule has 1 amide bonds. The third-order valence-corrected chi connectivity index (χ3v) is 4.34. The number of hydrogen-bond donors (Lipinski definition) is 2. The molecule has 2 aliphatic heterocycles. The van der Waals surface area contributed by atoms with Gasteiger partial charge in [0, 0.05) is 38.6 Å². The molecule has 2 fully saturated rings. The average Bonchev–Trinajstić information content (AvgIpc) is 2.54. The molecule has 6 heteroatoms. The lowest BCUT2D eigenvalue weighted by atomic mass is 10.1. The molecule has 2 saturated heterocycles. The van der Waals surface area contributed by atoms with Crippen LogP contribution in [0.2, 0.25) is 0 Å². The Morgan fingerprint density at radius 3 is 2.59 bits per heavy atom. The Kier molecular flexibility index (Phi) is 4.49. The van der Waals surface area contributed by atoms with Crippen molar-refractivity contribution in [1.29, 1.82) is 0 Å². The molecule has 3 rings (SSSR count). The van der Waals surface area contributed by atoms with E-state index < -0.39 is 0 Å². The second-order valence-corrected chi connectivity index (χ2v) is 5.94. The first-order valence-electron chi connectivity index (χ1n) is 7.85. The number of benzene rings is 1. The molecule has 0 spiro atoms. The second kappa shape index (κ2) is 6.54. The third kappa shape index (κ3) is 3.18. The molecule has 22 heavy (non-hydrogen) atoms. The maximum absolute atomic E-state index is 11.7. The molecule has 2 heterocycles. The quantitative estimate of drug-likeness (QED) is 0.856. The number of hydrogen-bond acceptors (Lipinski definition) is 5. The minimum absolute atomic E-state index is 0.0453. The Bertz CT molecular complexity index is 529. The fraction of sp³-hybridized carbons (Fsp3) is 0.562. The number of amides is 1. The minimum Gasteiger partial charge on any atom is -0.495 e. The van der Waals surface area contributed by atoms with Crippen molar-refractivity contribution in [3.8, 4) is 5.75 Å². The number of anilines is 1. The first-order valence-corrected chi connectivity index (χ1v) is 7.85. The molecule has 0 saturated carbocycles. The number of para-hydroxylation sites is 2. The van der Waals surface area contributed by atoms with E-state index in [9.17, 15) is 4.79 Å². The summed E-state index contributed by atoms with van der Waals surface area (Å²) in [6, 6.07) is 8.34. The van der Waals surface area contributed by atoms with Crippen LogP contribution in [-0.4, -0.2) is 56.4 Å². The lowest BCUT2D eigenvalue weighted by molar-refractivity contribution is -0.126. The van der Waals surface area contributed by atoms with E-state index in [0.717, 1.165) is 37.6 Å². The van der Waals surface area contributed by atoms with Crippen molar-refractivity contribution in [3.63, 3.8) is 0 Å². The Hall–Kier alpha value is -1.79. The zero-order chi connectivity index (χ0) is 15.5. The maximum atomic E-state index is 11.7. The summed E-state index contributed by atoms with van der Waals surface area (Å²) in [7, 11) is 1.71. The number of carbonyl (C=O) groups is 1. The van der Waals surface area contributed by atoms with Gasteiger partial charge < -0.3 is 15.0 Å². The van der Waals surface area contributed by atoms with Gasteiger partial charge in [0.25, 0.3) is 0 Å². The van der Waals surface area contributed by atoms with Gasteiger partial charge in [-0.1, -0.05) is 12.1 Å². The smallest absolute Gasteiger partial charge is 0.223 e. The van der Waals surface area contributed by atoms with Crippen LogP contribution >= 0.6 is 0 Å². The van der Waals surface area contributed by atoms with E-state index in [1.165, 1.54) is 0 Å². The zero-order valence-electron chi connectivity index (χ0n) is 13.2. The molecule has 2 N–H and O–H groups in total. The fourth-order valence-electron chi connectivity index (χ4n) is 3.17. The van der Waals surface area contributed by atoms with Crippen LogP contribution in [0.15, 0.2) is 24.3 Å². The van der Waals surface area contributed by atoms with Crippen molar-refractivity contribution in [2.45, 2.75) is 25.7 Å². The summed E-state index contributed by atoms with van der Waals surface area (Å²) in [4.78, 5) is 16.3. The van der Waals surface area contributed by atoms with Gasteiger partial charge in [0.05, 0.1) is 12.8 Å². The van der Waals surface area contributed by atoms with Crippen LogP contribution in [0.1, 0.15) is 13.3 Å². The number of carbonyl (C=O) groups excluding carboxylic acids is 1. The molecule has 2 atom stereocenters. The molecular weight excluding hydrogens is 280 g/mol. The highest BCUT2D eigenvalue weighted by Crippen LogP contribution is 2.28. The van der Waals surface area contributed by atoms with E-state index in [0.29, 0.717) is 6.42 Å². The largest absolute Gasteiger partial charge is 0.495 e. The highest BCUT2D eigenvalue weighted by Gasteiger charge is 2.30. The van der Waals surface area contributed by atoms with Crippen LogP contribution in [0.5, 0.6) is 5.75 Å². The molecule has 2 unspecified atom stereocenters. The SMILES string of the molecule is COc1ccccc1N1CCN(C2NC(=O)CC(C)N2)CC1. The molecule has 0 radical (unpaired) electrons. The number of nitrogens with zero attached hydrogens (tertiary/aromatic N) is 2. The van der Waals surface area contributed by atoms with Gasteiger partial charge in [-0.2, -0.15) is 0 Å². The van der Waals surface area contributed by atoms with Crippen LogP contribution in [0, 0.1) is 0 Å². The Labute approximate surface area is 131 Å². The number of piperazine rings is 1. The summed E-state index contributed by atoms with van der Waals surface area (Å²) >= 11 is 0. The molecule has 2 aliphatic rings. The van der Waals surface area contributed by atoms with E-state index >= 15 is 0 Å². The molecule has 120 valence electrons. The van der Waals surface area contributed by atoms with E-state index in [1.54, 1.807) is 7.11 Å². The van der Waals surface area contributed by atoms with Crippen LogP contribution in [0.4, 0.5) is 5.69 Å². The summed E-state index contributed by atoms with van der Waals surface area (Å²) in [5.41, 5.74) is 1.14. The summed E-state index contributed by atoms with van der Waals surface area (Å²) < 4.78 is 5.45. The monoisotopic (exact) mass is 304 g/mol. The lowest BCUT2D eigenvalue weighted by Crippen LogP contribution is -2.66. The van der Waals surface area contributed by atoms with Gasteiger partial charge in [-0.05, 0) is 19.1 Å². The fourth-order valence-corrected chi connectivity index (χ4v) is 3.17. The van der Waals surface area contributed by atoms with Crippen LogP contribution < -0.4 is 20.3 Å². The van der Waals surface area contributed by atoms with Gasteiger partial charge in [-0.15, -0.1) is 0 Å². The normalized spacial score (nSPS) is 26.6. The second-order valence-electron chi connectivity index (χ2n) is 5.94. The Morgan fingerprint density at radius 1 is 1.18 bits per heavy atom. The van der Waals surface area contributed by atoms with E-state index in [1.807, 2.05) is 18.2 Å². The highest BCUT2D eigenvalue weighted by atomic mass is 16.5. The summed E-state index contributed by atoms with van der Waals surface area (Å²) in [5, 5.41) is 6.47. The van der Waals surface area contributed by atoms with Gasteiger partial charge in [-0.25, -0.2) is 0 Å². The standard InChI is InChI=1S/C16H24N4O2/c1-12-11-15(21)18-16(17-12)20-9-7-19(8-10-20)13-5-3-4-6-14(13)22-2/h3-6,12,16-17H,7-11H2,1-2H3,(H,18,21). The number of rotatable bonds is 3. The predicted octanol–water partition coefficient (Wildman–Crippen LogP) is 0.599. The molecule has 0 bridgehead atoms. The highest BCUT2D eigenvalue weighted by molar-refractivity contribution is 5.77. The molecule has 6 nitrogen and oxygen atoms in total. The predicted molar refractivity (Wildman–Crippen MR) is 85.9 cm³/mol. The molecule has 1 aromatic rings. The lowest BCUT2D eigenvalue weighted by Gasteiger charge is -2.43. The van der Waals surface area contributed by atoms with Crippen molar-refractivity contribution in [2.75, 3.05) is 38.2 Å². The summed E-state index contributed by atoms with van der Waals surface area (Å²) in [6.07, 6.45) is 0.508. The van der Waals surface area contributed by atoms with Crippen molar-refractivity contribution in [1.82, 2.24) is 15.5 Å². The molecular formula is C16H24N4O2. The van der Waals surface area contributed by atoms with Crippen LogP contribution in [0.25, 0.3) is 0 Å². The van der Waals surface area contributed by atoms with Crippen molar-refractivity contribution >= 4 is 11.6 Å². The number of nitrogens with one attached hydrogen (secondary N) is 2. The summed E-state index contributed by atoms with van der Waals surface area (Å²) in [6.45, 7) is 5.70. The summed E-state index contributed by atoms with van der Waals surface area (Å²) in [5.74, 6) is 1.04. The number of ether oxygens (including phenoxy) is 1. The average molecular weight is 304 g/mol. The first kappa shape index (κ1) is 15.1. The molecule has 0 aliphatic carbocycles. The molecule has 1 aromatic carbocycles. The van der Waals surface area contributed by atoms with Crippen LogP contribution in [-0.2, 0) is 4.79 Å². The van der Waals surface area contributed by atoms with E-state index in [4.69, 9.17) is 4.74 Å². The van der Waals surface area contributed by atoms with E-state index in [2.05, 4.69) is 33.4 Å². The topological polar surface area (TPSA) is 56.8 Å². The van der Waals surface area contributed by atoms with Crippen LogP contribution in [0.3, 0.4) is 0 Å². The number of methoxy groups -OCH3 is 1. The van der Waals surface area contributed by atoms with Gasteiger partial charge in [0.1, 0.15) is 12.0 Å².